The Kier molecular flexibility index (Phi) is 5.99. The Morgan fingerprint density at radius 1 is 1.19 bits per heavy atom. The van der Waals surface area contributed by atoms with Crippen molar-refractivity contribution in [3.63, 3.8) is 0 Å². The van der Waals surface area contributed by atoms with E-state index in [1.54, 1.807) is 11.0 Å². The molecule has 26 heavy (non-hydrogen) atoms. The predicted octanol–water partition coefficient (Wildman–Crippen LogP) is 1.67. The van der Waals surface area contributed by atoms with Crippen LogP contribution in [0.15, 0.2) is 23.1 Å². The summed E-state index contributed by atoms with van der Waals surface area (Å²) in [5.41, 5.74) is 1.77. The molecule has 0 atom stereocenters. The number of nitrogens with zero attached hydrogens (tertiary/aromatic N) is 2. The zero-order valence-electron chi connectivity index (χ0n) is 15.7. The van der Waals surface area contributed by atoms with Gasteiger partial charge in [-0.15, -0.1) is 0 Å². The zero-order valence-corrected chi connectivity index (χ0v) is 16.5. The second-order valence-corrected chi connectivity index (χ2v) is 9.25. The van der Waals surface area contributed by atoms with Gasteiger partial charge >= 0.3 is 0 Å². The van der Waals surface area contributed by atoms with Gasteiger partial charge in [-0.05, 0) is 38.3 Å². The van der Waals surface area contributed by atoms with E-state index < -0.39 is 10.0 Å². The summed E-state index contributed by atoms with van der Waals surface area (Å²) in [5.74, 6) is -0.0910. The van der Waals surface area contributed by atoms with E-state index in [1.165, 1.54) is 4.31 Å². The van der Waals surface area contributed by atoms with E-state index >= 15 is 0 Å². The molecule has 0 bridgehead atoms. The van der Waals surface area contributed by atoms with Gasteiger partial charge in [0, 0.05) is 32.2 Å². The third-order valence-corrected chi connectivity index (χ3v) is 7.47. The Labute approximate surface area is 156 Å². The molecule has 7 heteroatoms. The van der Waals surface area contributed by atoms with Gasteiger partial charge in [0.2, 0.25) is 15.9 Å². The predicted molar refractivity (Wildman–Crippen MR) is 102 cm³/mol. The van der Waals surface area contributed by atoms with Gasteiger partial charge in [0.15, 0.2) is 0 Å². The van der Waals surface area contributed by atoms with Crippen LogP contribution in [0.3, 0.4) is 0 Å². The van der Waals surface area contributed by atoms with Crippen LogP contribution in [0.4, 0.5) is 0 Å². The smallest absolute Gasteiger partial charge is 0.244 e. The molecule has 1 heterocycles. The number of hydrogen-bond donors (Lipinski definition) is 1. The van der Waals surface area contributed by atoms with Gasteiger partial charge in [-0.2, -0.15) is 4.31 Å². The molecule has 1 N–H and O–H groups in total. The molecule has 0 aromatic heterocycles. The largest absolute Gasteiger partial charge is 0.339 e. The van der Waals surface area contributed by atoms with Crippen LogP contribution in [0, 0.1) is 13.8 Å². The molecule has 1 saturated carbocycles. The van der Waals surface area contributed by atoms with Crippen molar-refractivity contribution in [1.82, 2.24) is 14.5 Å². The number of aryl methyl sites for hydroxylation is 2. The molecule has 1 aromatic rings. The minimum atomic E-state index is -3.70. The number of hydrogen-bond acceptors (Lipinski definition) is 4. The standard InChI is InChI=1S/C19H29N3O3S/c1-15-7-8-18(16(2)13-15)26(24,25)22(17-5-3-4-6-17)14-19(23)21-11-9-20-10-12-21/h7-8,13,17,20H,3-6,9-12,14H2,1-2H3. The fourth-order valence-corrected chi connectivity index (χ4v) is 5.81. The minimum absolute atomic E-state index is 0.0552. The third-order valence-electron chi connectivity index (χ3n) is 5.41. The average Bonchev–Trinajstić information content (AvgIpc) is 3.13. The van der Waals surface area contributed by atoms with Gasteiger partial charge in [0.25, 0.3) is 0 Å². The van der Waals surface area contributed by atoms with Crippen LogP contribution in [-0.4, -0.2) is 62.3 Å². The van der Waals surface area contributed by atoms with Gasteiger partial charge in [-0.3, -0.25) is 4.79 Å². The monoisotopic (exact) mass is 379 g/mol. The molecule has 1 aliphatic carbocycles. The van der Waals surface area contributed by atoms with Crippen LogP contribution in [0.2, 0.25) is 0 Å². The second kappa shape index (κ2) is 8.06. The summed E-state index contributed by atoms with van der Waals surface area (Å²) in [6.07, 6.45) is 3.70. The summed E-state index contributed by atoms with van der Waals surface area (Å²) in [4.78, 5) is 14.9. The summed E-state index contributed by atoms with van der Waals surface area (Å²) in [7, 11) is -3.70. The van der Waals surface area contributed by atoms with E-state index in [9.17, 15) is 13.2 Å². The Bertz CT molecular complexity index is 751. The van der Waals surface area contributed by atoms with Gasteiger partial charge in [0.1, 0.15) is 0 Å². The third kappa shape index (κ3) is 4.10. The molecule has 0 spiro atoms. The molecule has 1 saturated heterocycles. The lowest BCUT2D eigenvalue weighted by Gasteiger charge is -2.32. The number of carbonyl (C=O) groups is 1. The number of benzene rings is 1. The highest BCUT2D eigenvalue weighted by atomic mass is 32.2. The Morgan fingerprint density at radius 2 is 1.85 bits per heavy atom. The lowest BCUT2D eigenvalue weighted by atomic mass is 10.2. The number of nitrogens with one attached hydrogen (secondary N) is 1. The van der Waals surface area contributed by atoms with E-state index in [1.807, 2.05) is 26.0 Å². The first-order valence-electron chi connectivity index (χ1n) is 9.47. The molecule has 2 fully saturated rings. The molecule has 6 nitrogen and oxygen atoms in total. The summed E-state index contributed by atoms with van der Waals surface area (Å²) in [5, 5.41) is 3.22. The molecule has 0 radical (unpaired) electrons. The molecular weight excluding hydrogens is 350 g/mol. The number of piperazine rings is 1. The quantitative estimate of drug-likeness (QED) is 0.845. The molecule has 3 rings (SSSR count). The van der Waals surface area contributed by atoms with E-state index in [0.717, 1.165) is 49.9 Å². The molecule has 2 aliphatic rings. The molecule has 144 valence electrons. The number of sulfonamides is 1. The van der Waals surface area contributed by atoms with Crippen LogP contribution in [0.5, 0.6) is 0 Å². The highest BCUT2D eigenvalue weighted by Crippen LogP contribution is 2.30. The van der Waals surface area contributed by atoms with Crippen LogP contribution in [0.25, 0.3) is 0 Å². The summed E-state index contributed by atoms with van der Waals surface area (Å²) < 4.78 is 28.3. The van der Waals surface area contributed by atoms with Crippen molar-refractivity contribution >= 4 is 15.9 Å². The van der Waals surface area contributed by atoms with E-state index in [-0.39, 0.29) is 18.5 Å². The van der Waals surface area contributed by atoms with Crippen LogP contribution in [0.1, 0.15) is 36.8 Å². The average molecular weight is 380 g/mol. The summed E-state index contributed by atoms with van der Waals surface area (Å²) >= 11 is 0. The van der Waals surface area contributed by atoms with Crippen LogP contribution in [-0.2, 0) is 14.8 Å². The Morgan fingerprint density at radius 3 is 2.46 bits per heavy atom. The highest BCUT2D eigenvalue weighted by Gasteiger charge is 2.36. The molecule has 1 aliphatic heterocycles. The van der Waals surface area contributed by atoms with Crippen molar-refractivity contribution in [3.8, 4) is 0 Å². The van der Waals surface area contributed by atoms with Crippen molar-refractivity contribution < 1.29 is 13.2 Å². The van der Waals surface area contributed by atoms with E-state index in [2.05, 4.69) is 5.32 Å². The highest BCUT2D eigenvalue weighted by molar-refractivity contribution is 7.89. The molecular formula is C19H29N3O3S. The fraction of sp³-hybridized carbons (Fsp3) is 0.632. The van der Waals surface area contributed by atoms with Gasteiger partial charge in [-0.25, -0.2) is 8.42 Å². The van der Waals surface area contributed by atoms with E-state index in [0.29, 0.717) is 18.0 Å². The maximum atomic E-state index is 13.4. The topological polar surface area (TPSA) is 69.7 Å². The fourth-order valence-electron chi connectivity index (χ4n) is 3.97. The van der Waals surface area contributed by atoms with Gasteiger partial charge in [-0.1, -0.05) is 30.5 Å². The summed E-state index contributed by atoms with van der Waals surface area (Å²) in [6.45, 7) is 6.52. The van der Waals surface area contributed by atoms with Crippen molar-refractivity contribution in [2.45, 2.75) is 50.5 Å². The van der Waals surface area contributed by atoms with Crippen molar-refractivity contribution in [3.05, 3.63) is 29.3 Å². The van der Waals surface area contributed by atoms with Gasteiger partial charge in [0.05, 0.1) is 11.4 Å². The second-order valence-electron chi connectivity index (χ2n) is 7.39. The van der Waals surface area contributed by atoms with Crippen LogP contribution < -0.4 is 5.32 Å². The minimum Gasteiger partial charge on any atom is -0.339 e. The van der Waals surface area contributed by atoms with E-state index in [4.69, 9.17) is 0 Å². The number of amides is 1. The summed E-state index contributed by atoms with van der Waals surface area (Å²) in [6, 6.07) is 5.31. The number of rotatable bonds is 5. The van der Waals surface area contributed by atoms with Crippen molar-refractivity contribution in [1.29, 1.82) is 0 Å². The first kappa shape index (κ1) is 19.3. The maximum Gasteiger partial charge on any atom is 0.244 e. The molecule has 0 unspecified atom stereocenters. The van der Waals surface area contributed by atoms with Crippen molar-refractivity contribution in [2.24, 2.45) is 0 Å². The Balaban J connectivity index is 1.88. The Hall–Kier alpha value is -1.44. The maximum absolute atomic E-state index is 13.4. The first-order chi connectivity index (χ1) is 12.4. The number of carbonyl (C=O) groups excluding carboxylic acids is 1. The molecule has 1 aromatic carbocycles. The molecule has 1 amide bonds. The zero-order chi connectivity index (χ0) is 18.7. The van der Waals surface area contributed by atoms with Crippen LogP contribution >= 0.6 is 0 Å². The van der Waals surface area contributed by atoms with Gasteiger partial charge < -0.3 is 10.2 Å². The lowest BCUT2D eigenvalue weighted by Crippen LogP contribution is -2.51. The normalized spacial score (nSPS) is 19.3. The lowest BCUT2D eigenvalue weighted by molar-refractivity contribution is -0.132. The SMILES string of the molecule is Cc1ccc(S(=O)(=O)N(CC(=O)N2CCNCC2)C2CCCC2)c(C)c1. The first-order valence-corrected chi connectivity index (χ1v) is 10.9. The van der Waals surface area contributed by atoms with Crippen molar-refractivity contribution in [2.75, 3.05) is 32.7 Å².